The first-order chi connectivity index (χ1) is 12.5. The van der Waals surface area contributed by atoms with Gasteiger partial charge in [-0.25, -0.2) is 4.79 Å². The average molecular weight is 352 g/mol. The van der Waals surface area contributed by atoms with Gasteiger partial charge in [-0.1, -0.05) is 18.2 Å². The second kappa shape index (κ2) is 6.33. The van der Waals surface area contributed by atoms with Crippen molar-refractivity contribution in [2.45, 2.75) is 18.9 Å². The largest absolute Gasteiger partial charge is 0.545 e. The van der Waals surface area contributed by atoms with E-state index in [-0.39, 0.29) is 29.0 Å². The number of aromatic carboxylic acids is 1. The van der Waals surface area contributed by atoms with Gasteiger partial charge in [-0.15, -0.1) is 0 Å². The smallest absolute Gasteiger partial charge is 0.321 e. The highest BCUT2D eigenvalue weighted by atomic mass is 16.4. The number of likely N-dealkylation sites (tertiary alicyclic amines) is 1. The fourth-order valence-electron chi connectivity index (χ4n) is 3.95. The summed E-state index contributed by atoms with van der Waals surface area (Å²) in [6.07, 6.45) is 0.980. The molecule has 1 aromatic heterocycles. The molecule has 7 heteroatoms. The maximum atomic E-state index is 12.6. The summed E-state index contributed by atoms with van der Waals surface area (Å²) in [7, 11) is 0. The molecule has 2 aliphatic rings. The van der Waals surface area contributed by atoms with E-state index in [0.29, 0.717) is 25.3 Å². The normalized spacial score (nSPS) is 21.0. The number of aromatic nitrogens is 1. The van der Waals surface area contributed by atoms with Gasteiger partial charge in [0.25, 0.3) is 5.56 Å². The fraction of sp³-hybridized carbons (Fsp3) is 0.316. The topological polar surface area (TPSA) is 94.5 Å². The van der Waals surface area contributed by atoms with Gasteiger partial charge in [-0.05, 0) is 36.1 Å². The zero-order valence-electron chi connectivity index (χ0n) is 14.1. The number of fused-ring (bicyclic) bond motifs is 4. The van der Waals surface area contributed by atoms with Crippen LogP contribution in [-0.4, -0.2) is 34.6 Å². The van der Waals surface area contributed by atoms with E-state index >= 15 is 0 Å². The third-order valence-corrected chi connectivity index (χ3v) is 5.14. The Balaban J connectivity index is 1.49. The number of hydrogen-bond acceptors (Lipinski definition) is 4. The van der Waals surface area contributed by atoms with Crippen LogP contribution in [0.3, 0.4) is 0 Å². The lowest BCUT2D eigenvalue weighted by atomic mass is 9.83. The maximum Gasteiger partial charge on any atom is 0.321 e. The number of amides is 2. The van der Waals surface area contributed by atoms with Gasteiger partial charge in [-0.2, -0.15) is 0 Å². The lowest BCUT2D eigenvalue weighted by Crippen LogP contribution is -2.50. The van der Waals surface area contributed by atoms with Crippen LogP contribution in [0.15, 0.2) is 47.3 Å². The molecule has 1 fully saturated rings. The fourth-order valence-corrected chi connectivity index (χ4v) is 3.95. The highest BCUT2D eigenvalue weighted by Crippen LogP contribution is 2.35. The van der Waals surface area contributed by atoms with Crippen LogP contribution in [0.1, 0.15) is 28.4 Å². The summed E-state index contributed by atoms with van der Waals surface area (Å²) in [5.74, 6) is -0.837. The molecule has 2 aromatic rings. The molecule has 0 radical (unpaired) electrons. The minimum absolute atomic E-state index is 0.0168. The standard InChI is InChI=1S/C19H19N3O4/c23-17-3-1-2-16-14-8-12(10-22(16)17)9-21(11-14)19(26)20-15-6-4-13(5-7-15)18(24)25/h1-7,12,14H,8-11H2,(H,20,26)(H,24,25)/p-1/t12-,14+/m1/s1. The Labute approximate surface area is 149 Å². The van der Waals surface area contributed by atoms with Crippen molar-refractivity contribution in [2.75, 3.05) is 18.4 Å². The van der Waals surface area contributed by atoms with E-state index in [0.717, 1.165) is 12.1 Å². The molecule has 0 unspecified atom stereocenters. The van der Waals surface area contributed by atoms with Crippen molar-refractivity contribution in [1.82, 2.24) is 9.47 Å². The Morgan fingerprint density at radius 1 is 1.04 bits per heavy atom. The van der Waals surface area contributed by atoms with Crippen molar-refractivity contribution < 1.29 is 14.7 Å². The van der Waals surface area contributed by atoms with Crippen LogP contribution in [-0.2, 0) is 6.54 Å². The van der Waals surface area contributed by atoms with E-state index < -0.39 is 5.97 Å². The maximum absolute atomic E-state index is 12.6. The van der Waals surface area contributed by atoms with Gasteiger partial charge in [0.15, 0.2) is 0 Å². The van der Waals surface area contributed by atoms with E-state index in [4.69, 9.17) is 0 Å². The molecule has 1 N–H and O–H groups in total. The number of carboxylic acid groups (broad SMARTS) is 1. The number of carbonyl (C=O) groups excluding carboxylic acids is 2. The summed E-state index contributed by atoms with van der Waals surface area (Å²) in [5, 5.41) is 13.6. The number of pyridine rings is 1. The van der Waals surface area contributed by atoms with Crippen molar-refractivity contribution in [1.29, 1.82) is 0 Å². The molecule has 0 spiro atoms. The molecular formula is C19H18N3O4-. The van der Waals surface area contributed by atoms with Crippen LogP contribution in [0.25, 0.3) is 0 Å². The quantitative estimate of drug-likeness (QED) is 0.867. The molecule has 2 amide bonds. The van der Waals surface area contributed by atoms with Gasteiger partial charge in [0.2, 0.25) is 0 Å². The van der Waals surface area contributed by atoms with Crippen molar-refractivity contribution in [3.8, 4) is 0 Å². The van der Waals surface area contributed by atoms with Gasteiger partial charge >= 0.3 is 6.03 Å². The number of urea groups is 1. The zero-order valence-corrected chi connectivity index (χ0v) is 14.1. The number of nitrogens with one attached hydrogen (secondary N) is 1. The summed E-state index contributed by atoms with van der Waals surface area (Å²) in [6.45, 7) is 1.79. The highest BCUT2D eigenvalue weighted by molar-refractivity contribution is 5.91. The van der Waals surface area contributed by atoms with E-state index in [1.54, 1.807) is 29.2 Å². The number of benzene rings is 1. The van der Waals surface area contributed by atoms with Crippen LogP contribution in [0.5, 0.6) is 0 Å². The summed E-state index contributed by atoms with van der Waals surface area (Å²) in [6, 6.07) is 11.0. The third kappa shape index (κ3) is 2.96. The second-order valence-corrected chi connectivity index (χ2v) is 6.90. The summed E-state index contributed by atoms with van der Waals surface area (Å²) >= 11 is 0. The minimum atomic E-state index is -1.25. The number of hydrogen-bond donors (Lipinski definition) is 1. The molecule has 4 rings (SSSR count). The van der Waals surface area contributed by atoms with Crippen LogP contribution < -0.4 is 16.0 Å². The predicted octanol–water partition coefficient (Wildman–Crippen LogP) is 0.863. The Morgan fingerprint density at radius 2 is 1.81 bits per heavy atom. The third-order valence-electron chi connectivity index (χ3n) is 5.14. The molecule has 26 heavy (non-hydrogen) atoms. The van der Waals surface area contributed by atoms with Crippen molar-refractivity contribution in [3.63, 3.8) is 0 Å². The molecule has 3 heterocycles. The SMILES string of the molecule is O=C([O-])c1ccc(NC(=O)N2C[C@H]3C[C@@H](C2)c2cccc(=O)n2C3)cc1. The average Bonchev–Trinajstić information content (AvgIpc) is 2.63. The van der Waals surface area contributed by atoms with E-state index in [9.17, 15) is 19.5 Å². The van der Waals surface area contributed by atoms with Crippen molar-refractivity contribution in [2.24, 2.45) is 5.92 Å². The number of carbonyl (C=O) groups is 2. The molecular weight excluding hydrogens is 334 g/mol. The lowest BCUT2D eigenvalue weighted by Gasteiger charge is -2.42. The number of nitrogens with zero attached hydrogens (tertiary/aromatic N) is 2. The second-order valence-electron chi connectivity index (χ2n) is 6.90. The molecule has 1 aromatic carbocycles. The molecule has 2 aliphatic heterocycles. The molecule has 7 nitrogen and oxygen atoms in total. The van der Waals surface area contributed by atoms with E-state index in [1.165, 1.54) is 12.1 Å². The first-order valence-corrected chi connectivity index (χ1v) is 8.58. The highest BCUT2D eigenvalue weighted by Gasteiger charge is 2.36. The molecule has 0 aliphatic carbocycles. The molecule has 2 atom stereocenters. The van der Waals surface area contributed by atoms with Crippen LogP contribution >= 0.6 is 0 Å². The van der Waals surface area contributed by atoms with Gasteiger partial charge in [0.1, 0.15) is 0 Å². The number of carboxylic acids is 1. The van der Waals surface area contributed by atoms with Gasteiger partial charge in [0.05, 0.1) is 5.97 Å². The van der Waals surface area contributed by atoms with Crippen LogP contribution in [0.2, 0.25) is 0 Å². The molecule has 134 valence electrons. The molecule has 0 saturated carbocycles. The van der Waals surface area contributed by atoms with Gasteiger partial charge in [-0.3, -0.25) is 4.79 Å². The van der Waals surface area contributed by atoms with Gasteiger partial charge in [0, 0.05) is 43.0 Å². The zero-order chi connectivity index (χ0) is 18.3. The lowest BCUT2D eigenvalue weighted by molar-refractivity contribution is -0.255. The monoisotopic (exact) mass is 352 g/mol. The predicted molar refractivity (Wildman–Crippen MR) is 92.9 cm³/mol. The van der Waals surface area contributed by atoms with E-state index in [2.05, 4.69) is 5.32 Å². The Bertz CT molecular complexity index is 919. The number of anilines is 1. The van der Waals surface area contributed by atoms with Crippen molar-refractivity contribution >= 4 is 17.7 Å². The molecule has 2 bridgehead atoms. The van der Waals surface area contributed by atoms with E-state index in [1.807, 2.05) is 10.6 Å². The first-order valence-electron chi connectivity index (χ1n) is 8.58. The summed E-state index contributed by atoms with van der Waals surface area (Å²) in [5.41, 5.74) is 1.61. The molecule has 1 saturated heterocycles. The van der Waals surface area contributed by atoms with Gasteiger partial charge < -0.3 is 24.7 Å². The van der Waals surface area contributed by atoms with Crippen LogP contribution in [0.4, 0.5) is 10.5 Å². The van der Waals surface area contributed by atoms with Crippen LogP contribution in [0, 0.1) is 5.92 Å². The summed E-state index contributed by atoms with van der Waals surface area (Å²) < 4.78 is 1.83. The van der Waals surface area contributed by atoms with Crippen molar-refractivity contribution in [3.05, 3.63) is 64.1 Å². The Hall–Kier alpha value is -3.09. The number of piperidine rings is 1. The Kier molecular flexibility index (Phi) is 3.99. The summed E-state index contributed by atoms with van der Waals surface area (Å²) in [4.78, 5) is 37.2. The Morgan fingerprint density at radius 3 is 2.54 bits per heavy atom. The minimum Gasteiger partial charge on any atom is -0.545 e. The number of rotatable bonds is 2. The first kappa shape index (κ1) is 16.4.